The fourth-order valence-corrected chi connectivity index (χ4v) is 9.20. The predicted octanol–water partition coefficient (Wildman–Crippen LogP) is 13.9. The number of rotatable bonds is 5. The van der Waals surface area contributed by atoms with E-state index in [-0.39, 0.29) is 5.41 Å². The molecule has 11 rings (SSSR count). The second kappa shape index (κ2) is 12.0. The Hall–Kier alpha value is -6.97. The van der Waals surface area contributed by atoms with Crippen molar-refractivity contribution in [3.05, 3.63) is 199 Å². The van der Waals surface area contributed by atoms with Gasteiger partial charge in [-0.25, -0.2) is 4.98 Å². The van der Waals surface area contributed by atoms with Crippen LogP contribution in [0, 0.1) is 0 Å². The molecular formula is C52H37N3. The normalized spacial score (nSPS) is 13.1. The number of benzene rings is 8. The number of pyridine rings is 1. The lowest BCUT2D eigenvalue weighted by Crippen LogP contribution is -2.16. The lowest BCUT2D eigenvalue weighted by Gasteiger charge is -2.28. The average Bonchev–Trinajstić information content (AvgIpc) is 3.70. The van der Waals surface area contributed by atoms with Gasteiger partial charge in [0.05, 0.1) is 22.2 Å². The summed E-state index contributed by atoms with van der Waals surface area (Å²) in [7, 11) is 0. The molecule has 3 heteroatoms. The molecule has 0 unspecified atom stereocenters. The molecule has 55 heavy (non-hydrogen) atoms. The second-order valence-electron chi connectivity index (χ2n) is 15.2. The Morgan fingerprint density at radius 2 is 1.09 bits per heavy atom. The molecule has 0 N–H and O–H groups in total. The van der Waals surface area contributed by atoms with Crippen molar-refractivity contribution < 1.29 is 0 Å². The van der Waals surface area contributed by atoms with Crippen LogP contribution in [0.25, 0.3) is 71.6 Å². The number of hydrogen-bond acceptors (Lipinski definition) is 2. The Bertz CT molecular complexity index is 3100. The highest BCUT2D eigenvalue weighted by Gasteiger charge is 2.35. The molecule has 10 aromatic rings. The van der Waals surface area contributed by atoms with Crippen molar-refractivity contribution in [1.29, 1.82) is 0 Å². The summed E-state index contributed by atoms with van der Waals surface area (Å²) in [4.78, 5) is 7.74. The van der Waals surface area contributed by atoms with Crippen LogP contribution in [0.3, 0.4) is 0 Å². The summed E-state index contributed by atoms with van der Waals surface area (Å²) in [6.45, 7) is 4.69. The topological polar surface area (TPSA) is 21.1 Å². The third kappa shape index (κ3) is 4.73. The van der Waals surface area contributed by atoms with Crippen LogP contribution in [0.2, 0.25) is 0 Å². The van der Waals surface area contributed by atoms with Gasteiger partial charge in [0, 0.05) is 60.7 Å². The van der Waals surface area contributed by atoms with Crippen LogP contribution in [-0.2, 0) is 5.41 Å². The maximum Gasteiger partial charge on any atom is 0.0788 e. The zero-order valence-electron chi connectivity index (χ0n) is 30.7. The lowest BCUT2D eigenvalue weighted by molar-refractivity contribution is 0.660. The molecule has 0 fully saturated rings. The van der Waals surface area contributed by atoms with Gasteiger partial charge in [0.2, 0.25) is 0 Å². The molecule has 0 bridgehead atoms. The van der Waals surface area contributed by atoms with Gasteiger partial charge in [0.1, 0.15) is 0 Å². The van der Waals surface area contributed by atoms with Crippen LogP contribution in [0.5, 0.6) is 0 Å². The van der Waals surface area contributed by atoms with E-state index >= 15 is 0 Å². The molecule has 3 nitrogen and oxygen atoms in total. The van der Waals surface area contributed by atoms with Gasteiger partial charge in [-0.15, -0.1) is 0 Å². The van der Waals surface area contributed by atoms with Crippen LogP contribution in [0.1, 0.15) is 25.0 Å². The molecule has 0 atom stereocenters. The Balaban J connectivity index is 1.09. The summed E-state index contributed by atoms with van der Waals surface area (Å²) in [5.41, 5.74) is 15.3. The van der Waals surface area contributed by atoms with Gasteiger partial charge >= 0.3 is 0 Å². The number of aromatic nitrogens is 2. The lowest BCUT2D eigenvalue weighted by atomic mass is 9.82. The second-order valence-corrected chi connectivity index (χ2v) is 15.2. The molecule has 8 aromatic carbocycles. The molecule has 0 saturated heterocycles. The Morgan fingerprint density at radius 3 is 1.91 bits per heavy atom. The van der Waals surface area contributed by atoms with E-state index < -0.39 is 0 Å². The van der Waals surface area contributed by atoms with Gasteiger partial charge in [-0.3, -0.25) is 0 Å². The molecule has 2 heterocycles. The van der Waals surface area contributed by atoms with Crippen molar-refractivity contribution in [3.8, 4) is 28.1 Å². The first-order chi connectivity index (χ1) is 27.1. The third-order valence-corrected chi connectivity index (χ3v) is 11.8. The van der Waals surface area contributed by atoms with E-state index in [2.05, 4.69) is 211 Å². The van der Waals surface area contributed by atoms with E-state index in [1.54, 1.807) is 0 Å². The maximum atomic E-state index is 5.37. The minimum atomic E-state index is -0.0875. The highest BCUT2D eigenvalue weighted by Crippen LogP contribution is 2.51. The zero-order chi connectivity index (χ0) is 36.7. The van der Waals surface area contributed by atoms with Gasteiger partial charge < -0.3 is 9.47 Å². The summed E-state index contributed by atoms with van der Waals surface area (Å²) in [5.74, 6) is 0. The molecule has 260 valence electrons. The zero-order valence-corrected chi connectivity index (χ0v) is 30.7. The summed E-state index contributed by atoms with van der Waals surface area (Å²) >= 11 is 0. The molecule has 0 radical (unpaired) electrons. The minimum Gasteiger partial charge on any atom is -0.310 e. The molecule has 0 saturated carbocycles. The van der Waals surface area contributed by atoms with Crippen molar-refractivity contribution in [2.75, 3.05) is 4.90 Å². The SMILES string of the molecule is CC1(C)c2ccccc2-c2ccc(N(c3ccccc3)c3ccc(-c4nc5ccccc5c5c4ccc4c5c5ccccc5n4-c4ccccc4)cc3)cc21. The summed E-state index contributed by atoms with van der Waals surface area (Å²) in [6.07, 6.45) is 0. The van der Waals surface area contributed by atoms with Gasteiger partial charge in [-0.1, -0.05) is 135 Å². The van der Waals surface area contributed by atoms with Gasteiger partial charge in [-0.05, 0) is 89.0 Å². The minimum absolute atomic E-state index is 0.0875. The fourth-order valence-electron chi connectivity index (χ4n) is 9.20. The Kier molecular flexibility index (Phi) is 6.90. The molecule has 2 aromatic heterocycles. The summed E-state index contributed by atoms with van der Waals surface area (Å²) < 4.78 is 2.39. The van der Waals surface area contributed by atoms with Gasteiger partial charge in [-0.2, -0.15) is 0 Å². The molecule has 1 aliphatic rings. The Morgan fingerprint density at radius 1 is 0.455 bits per heavy atom. The van der Waals surface area contributed by atoms with Gasteiger partial charge in [0.15, 0.2) is 0 Å². The van der Waals surface area contributed by atoms with Crippen LogP contribution in [0.15, 0.2) is 188 Å². The van der Waals surface area contributed by atoms with E-state index in [0.717, 1.165) is 50.3 Å². The number of hydrogen-bond donors (Lipinski definition) is 0. The molecule has 0 spiro atoms. The quantitative estimate of drug-likeness (QED) is 0.166. The molecule has 0 amide bonds. The first-order valence-corrected chi connectivity index (χ1v) is 19.1. The Labute approximate surface area is 320 Å². The van der Waals surface area contributed by atoms with E-state index in [0.29, 0.717) is 0 Å². The van der Waals surface area contributed by atoms with E-state index in [1.165, 1.54) is 49.4 Å². The number of fused-ring (bicyclic) bond motifs is 10. The van der Waals surface area contributed by atoms with Crippen LogP contribution in [-0.4, -0.2) is 9.55 Å². The van der Waals surface area contributed by atoms with Crippen molar-refractivity contribution in [1.82, 2.24) is 9.55 Å². The van der Waals surface area contributed by atoms with Crippen LogP contribution < -0.4 is 4.90 Å². The highest BCUT2D eigenvalue weighted by molar-refractivity contribution is 6.29. The van der Waals surface area contributed by atoms with Crippen molar-refractivity contribution in [2.24, 2.45) is 0 Å². The monoisotopic (exact) mass is 703 g/mol. The average molecular weight is 704 g/mol. The number of anilines is 3. The van der Waals surface area contributed by atoms with E-state index in [1.807, 2.05) is 0 Å². The van der Waals surface area contributed by atoms with Crippen molar-refractivity contribution in [3.63, 3.8) is 0 Å². The standard InChI is InChI=1S/C52H37N3/c1-52(2)44-22-12-9-19-39(44)40-30-29-38(33-45(40)52)54(35-15-5-3-6-16-35)37-27-25-34(26-28-37)51-43-31-32-48-50(49(43)41-20-10-13-23-46(41)53-51)42-21-11-14-24-47(42)55(48)36-17-7-4-8-18-36/h3-33H,1-2H3. The fraction of sp³-hybridized carbons (Fsp3) is 0.0577. The molecule has 1 aliphatic carbocycles. The summed E-state index contributed by atoms with van der Waals surface area (Å²) in [6, 6.07) is 68.1. The maximum absolute atomic E-state index is 5.37. The first-order valence-electron chi connectivity index (χ1n) is 19.1. The number of para-hydroxylation sites is 4. The van der Waals surface area contributed by atoms with E-state index in [9.17, 15) is 0 Å². The third-order valence-electron chi connectivity index (χ3n) is 11.8. The largest absolute Gasteiger partial charge is 0.310 e. The molecular weight excluding hydrogens is 667 g/mol. The van der Waals surface area contributed by atoms with Crippen molar-refractivity contribution >= 4 is 60.5 Å². The van der Waals surface area contributed by atoms with E-state index in [4.69, 9.17) is 4.98 Å². The van der Waals surface area contributed by atoms with Crippen LogP contribution >= 0.6 is 0 Å². The smallest absolute Gasteiger partial charge is 0.0788 e. The number of nitrogens with zero attached hydrogens (tertiary/aromatic N) is 3. The van der Waals surface area contributed by atoms with Gasteiger partial charge in [0.25, 0.3) is 0 Å². The highest BCUT2D eigenvalue weighted by atomic mass is 15.1. The van der Waals surface area contributed by atoms with Crippen LogP contribution in [0.4, 0.5) is 17.1 Å². The molecule has 0 aliphatic heterocycles. The summed E-state index contributed by atoms with van der Waals surface area (Å²) in [5, 5.41) is 6.04. The van der Waals surface area contributed by atoms with Crippen molar-refractivity contribution in [2.45, 2.75) is 19.3 Å². The first kappa shape index (κ1) is 31.5. The predicted molar refractivity (Wildman–Crippen MR) is 231 cm³/mol.